The summed E-state index contributed by atoms with van der Waals surface area (Å²) in [6.07, 6.45) is 6.27. The van der Waals surface area contributed by atoms with Crippen molar-refractivity contribution in [3.63, 3.8) is 0 Å². The highest BCUT2D eigenvalue weighted by molar-refractivity contribution is 6.35. The maximum atomic E-state index is 12.8. The standard InChI is InChI=1S/C28H27ClN6O3/c1-34-8-10-35(11-9-34)28(37)19-4-5-24(31-16-19)20-12-21-13-22(38-27(21)23(29)14-20)17-33-26(36)7-3-18-2-6-25(30)32-15-18/h2-7,12-16H,8-11,17H2,1H3,(H2,30,32)(H,33,36). The molecule has 0 unspecified atom stereocenters. The number of rotatable bonds is 6. The number of fused-ring (bicyclic) bond motifs is 1. The number of nitrogens with two attached hydrogens (primary N) is 1. The number of halogens is 1. The fourth-order valence-electron chi connectivity index (χ4n) is 4.20. The van der Waals surface area contributed by atoms with Gasteiger partial charge in [-0.1, -0.05) is 11.6 Å². The molecule has 1 saturated heterocycles. The first-order chi connectivity index (χ1) is 18.4. The molecular formula is C28H27ClN6O3. The third-order valence-electron chi connectivity index (χ3n) is 6.39. The van der Waals surface area contributed by atoms with Gasteiger partial charge in [0.2, 0.25) is 5.91 Å². The highest BCUT2D eigenvalue weighted by Gasteiger charge is 2.21. The number of likely N-dealkylation sites (N-methyl/N-ethyl adjacent to an activating group) is 1. The van der Waals surface area contributed by atoms with Crippen LogP contribution in [0.4, 0.5) is 5.82 Å². The van der Waals surface area contributed by atoms with Crippen LogP contribution < -0.4 is 11.1 Å². The molecule has 1 aromatic carbocycles. The van der Waals surface area contributed by atoms with Gasteiger partial charge in [0.15, 0.2) is 5.58 Å². The Bertz CT molecular complexity index is 1490. The van der Waals surface area contributed by atoms with Crippen LogP contribution in [0.1, 0.15) is 21.7 Å². The molecule has 1 fully saturated rings. The zero-order chi connectivity index (χ0) is 26.6. The van der Waals surface area contributed by atoms with Crippen LogP contribution in [0.15, 0.2) is 65.4 Å². The Morgan fingerprint density at radius 3 is 2.61 bits per heavy atom. The zero-order valence-electron chi connectivity index (χ0n) is 20.9. The van der Waals surface area contributed by atoms with E-state index in [0.717, 1.165) is 29.6 Å². The van der Waals surface area contributed by atoms with Gasteiger partial charge in [0.05, 0.1) is 22.8 Å². The molecule has 0 spiro atoms. The molecule has 0 saturated carbocycles. The summed E-state index contributed by atoms with van der Waals surface area (Å²) in [4.78, 5) is 37.6. The van der Waals surface area contributed by atoms with Gasteiger partial charge in [-0.3, -0.25) is 14.6 Å². The van der Waals surface area contributed by atoms with Gasteiger partial charge < -0.3 is 25.3 Å². The van der Waals surface area contributed by atoms with E-state index in [4.69, 9.17) is 21.8 Å². The fraction of sp³-hybridized carbons (Fsp3) is 0.214. The van der Waals surface area contributed by atoms with E-state index < -0.39 is 0 Å². The topological polar surface area (TPSA) is 118 Å². The summed E-state index contributed by atoms with van der Waals surface area (Å²) in [5, 5.41) is 4.02. The number of pyridine rings is 2. The first-order valence-electron chi connectivity index (χ1n) is 12.2. The third-order valence-corrected chi connectivity index (χ3v) is 6.67. The number of hydrogen-bond donors (Lipinski definition) is 2. The second kappa shape index (κ2) is 11.0. The Morgan fingerprint density at radius 2 is 1.89 bits per heavy atom. The summed E-state index contributed by atoms with van der Waals surface area (Å²) in [6, 6.07) is 12.6. The number of benzene rings is 1. The van der Waals surface area contributed by atoms with Crippen molar-refractivity contribution in [2.75, 3.05) is 39.0 Å². The van der Waals surface area contributed by atoms with Gasteiger partial charge in [0.25, 0.3) is 5.91 Å². The molecular weight excluding hydrogens is 504 g/mol. The fourth-order valence-corrected chi connectivity index (χ4v) is 4.47. The zero-order valence-corrected chi connectivity index (χ0v) is 21.6. The van der Waals surface area contributed by atoms with E-state index >= 15 is 0 Å². The van der Waals surface area contributed by atoms with E-state index in [9.17, 15) is 9.59 Å². The van der Waals surface area contributed by atoms with Gasteiger partial charge in [-0.2, -0.15) is 0 Å². The average Bonchev–Trinajstić information content (AvgIpc) is 3.35. The van der Waals surface area contributed by atoms with Crippen LogP contribution in [-0.4, -0.2) is 64.8 Å². The number of furan rings is 1. The minimum Gasteiger partial charge on any atom is -0.458 e. The van der Waals surface area contributed by atoms with E-state index in [-0.39, 0.29) is 18.4 Å². The Morgan fingerprint density at radius 1 is 1.08 bits per heavy atom. The summed E-state index contributed by atoms with van der Waals surface area (Å²) in [7, 11) is 2.05. The smallest absolute Gasteiger partial charge is 0.255 e. The van der Waals surface area contributed by atoms with Crippen molar-refractivity contribution in [3.8, 4) is 11.3 Å². The second-order valence-corrected chi connectivity index (χ2v) is 9.59. The SMILES string of the molecule is CN1CCN(C(=O)c2ccc(-c3cc(Cl)c4oc(CNC(=O)C=Cc5ccc(N)nc5)cc4c3)nc2)CC1. The summed E-state index contributed by atoms with van der Waals surface area (Å²) in [5.74, 6) is 0.704. The van der Waals surface area contributed by atoms with Crippen molar-refractivity contribution in [1.82, 2.24) is 25.1 Å². The molecule has 4 aromatic rings. The molecule has 4 heterocycles. The Balaban J connectivity index is 1.25. The number of nitrogens with one attached hydrogen (secondary N) is 1. The summed E-state index contributed by atoms with van der Waals surface area (Å²) >= 11 is 6.51. The second-order valence-electron chi connectivity index (χ2n) is 9.18. The molecule has 3 N–H and O–H groups in total. The number of carbonyl (C=O) groups excluding carboxylic acids is 2. The minimum atomic E-state index is -0.274. The number of anilines is 1. The van der Waals surface area contributed by atoms with Crippen LogP contribution in [-0.2, 0) is 11.3 Å². The van der Waals surface area contributed by atoms with E-state index in [2.05, 4.69) is 27.2 Å². The quantitative estimate of drug-likeness (QED) is 0.364. The van der Waals surface area contributed by atoms with Gasteiger partial charge >= 0.3 is 0 Å². The molecule has 1 aliphatic rings. The lowest BCUT2D eigenvalue weighted by Gasteiger charge is -2.32. The van der Waals surface area contributed by atoms with E-state index in [1.807, 2.05) is 23.1 Å². The van der Waals surface area contributed by atoms with Crippen LogP contribution in [0.3, 0.4) is 0 Å². The molecule has 38 heavy (non-hydrogen) atoms. The lowest BCUT2D eigenvalue weighted by atomic mass is 10.1. The lowest BCUT2D eigenvalue weighted by molar-refractivity contribution is -0.116. The van der Waals surface area contributed by atoms with Crippen LogP contribution in [0, 0.1) is 0 Å². The average molecular weight is 531 g/mol. The molecule has 0 bridgehead atoms. The maximum Gasteiger partial charge on any atom is 0.255 e. The Labute approximate surface area is 224 Å². The number of nitrogens with zero attached hydrogens (tertiary/aromatic N) is 4. The number of nitrogen functional groups attached to an aromatic ring is 1. The third kappa shape index (κ3) is 5.85. The molecule has 9 nitrogen and oxygen atoms in total. The molecule has 2 amide bonds. The number of hydrogen-bond acceptors (Lipinski definition) is 7. The molecule has 5 rings (SSSR count). The van der Waals surface area contributed by atoms with Crippen molar-refractivity contribution in [2.45, 2.75) is 6.54 Å². The van der Waals surface area contributed by atoms with Crippen LogP contribution in [0.25, 0.3) is 28.3 Å². The van der Waals surface area contributed by atoms with Crippen molar-refractivity contribution >= 4 is 46.3 Å². The van der Waals surface area contributed by atoms with Crippen molar-refractivity contribution in [2.24, 2.45) is 0 Å². The number of amides is 2. The first kappa shape index (κ1) is 25.4. The largest absolute Gasteiger partial charge is 0.458 e. The molecule has 194 valence electrons. The molecule has 0 atom stereocenters. The van der Waals surface area contributed by atoms with Crippen LogP contribution in [0.2, 0.25) is 5.02 Å². The summed E-state index contributed by atoms with van der Waals surface area (Å²) < 4.78 is 5.87. The molecule has 3 aromatic heterocycles. The predicted octanol–water partition coefficient (Wildman–Crippen LogP) is 3.84. The number of piperazine rings is 1. The van der Waals surface area contributed by atoms with Gasteiger partial charge in [0, 0.05) is 55.6 Å². The Kier molecular flexibility index (Phi) is 7.39. The number of carbonyl (C=O) groups is 2. The van der Waals surface area contributed by atoms with Gasteiger partial charge in [0.1, 0.15) is 11.6 Å². The lowest BCUT2D eigenvalue weighted by Crippen LogP contribution is -2.47. The highest BCUT2D eigenvalue weighted by Crippen LogP contribution is 2.32. The predicted molar refractivity (Wildman–Crippen MR) is 147 cm³/mol. The maximum absolute atomic E-state index is 12.8. The van der Waals surface area contributed by atoms with E-state index in [1.165, 1.54) is 6.08 Å². The van der Waals surface area contributed by atoms with Crippen molar-refractivity contribution < 1.29 is 14.0 Å². The summed E-state index contributed by atoms with van der Waals surface area (Å²) in [6.45, 7) is 3.35. The number of aromatic nitrogens is 2. The van der Waals surface area contributed by atoms with Crippen LogP contribution >= 0.6 is 11.6 Å². The highest BCUT2D eigenvalue weighted by atomic mass is 35.5. The first-order valence-corrected chi connectivity index (χ1v) is 12.6. The van der Waals surface area contributed by atoms with Gasteiger partial charge in [-0.25, -0.2) is 4.98 Å². The van der Waals surface area contributed by atoms with Gasteiger partial charge in [-0.05, 0) is 61.2 Å². The molecule has 10 heteroatoms. The minimum absolute atomic E-state index is 0.00728. The van der Waals surface area contributed by atoms with Gasteiger partial charge in [-0.15, -0.1) is 0 Å². The van der Waals surface area contributed by atoms with Crippen molar-refractivity contribution in [3.05, 3.63) is 82.8 Å². The van der Waals surface area contributed by atoms with Crippen molar-refractivity contribution in [1.29, 1.82) is 0 Å². The monoisotopic (exact) mass is 530 g/mol. The molecule has 1 aliphatic heterocycles. The Hall–Kier alpha value is -4.21. The van der Waals surface area contributed by atoms with E-state index in [1.54, 1.807) is 42.7 Å². The van der Waals surface area contributed by atoms with Crippen LogP contribution in [0.5, 0.6) is 0 Å². The molecule has 0 aliphatic carbocycles. The molecule has 0 radical (unpaired) electrons. The van der Waals surface area contributed by atoms with E-state index in [0.29, 0.717) is 46.5 Å². The summed E-state index contributed by atoms with van der Waals surface area (Å²) in [5.41, 5.74) is 8.93. The normalized spacial score (nSPS) is 14.3.